The third-order valence-corrected chi connectivity index (χ3v) is 5.11. The van der Waals surface area contributed by atoms with E-state index in [-0.39, 0.29) is 5.54 Å². The fourth-order valence-corrected chi connectivity index (χ4v) is 4.58. The van der Waals surface area contributed by atoms with E-state index in [2.05, 4.69) is 12.2 Å². The Hall–Kier alpha value is -0.530. The smallest absolute Gasteiger partial charge is 0.207 e. The molecule has 4 rings (SSSR count). The van der Waals surface area contributed by atoms with Crippen LogP contribution in [0.2, 0.25) is 0 Å². The maximum Gasteiger partial charge on any atom is 0.207 e. The van der Waals surface area contributed by atoms with Crippen LogP contribution in [0.5, 0.6) is 0 Å². The number of hydrogen-bond donors (Lipinski definition) is 1. The van der Waals surface area contributed by atoms with Gasteiger partial charge in [0, 0.05) is 5.54 Å². The molecule has 0 aromatic heterocycles. The van der Waals surface area contributed by atoms with Crippen LogP contribution in [-0.2, 0) is 4.79 Å². The molecular weight excluding hydrogens is 174 g/mol. The molecule has 14 heavy (non-hydrogen) atoms. The number of amides is 1. The van der Waals surface area contributed by atoms with Gasteiger partial charge in [-0.25, -0.2) is 0 Å². The maximum atomic E-state index is 10.7. The Balaban J connectivity index is 1.88. The first-order valence-corrected chi connectivity index (χ1v) is 5.94. The number of carbonyl (C=O) groups excluding carboxylic acids is 1. The molecule has 78 valence electrons. The predicted molar refractivity (Wildman–Crippen MR) is 54.6 cm³/mol. The highest BCUT2D eigenvalue weighted by Crippen LogP contribution is 2.57. The predicted octanol–water partition coefficient (Wildman–Crippen LogP) is 1.95. The highest BCUT2D eigenvalue weighted by Gasteiger charge is 2.53. The molecule has 4 saturated carbocycles. The van der Waals surface area contributed by atoms with E-state index in [0.29, 0.717) is 0 Å². The van der Waals surface area contributed by atoms with Crippen molar-refractivity contribution in [2.45, 2.75) is 44.6 Å². The lowest BCUT2D eigenvalue weighted by molar-refractivity contribution is -0.117. The van der Waals surface area contributed by atoms with Crippen LogP contribution in [0.4, 0.5) is 0 Å². The molecule has 4 bridgehead atoms. The Morgan fingerprint density at radius 3 is 2.43 bits per heavy atom. The number of hydrogen-bond acceptors (Lipinski definition) is 1. The van der Waals surface area contributed by atoms with Crippen LogP contribution in [0.1, 0.15) is 39.0 Å². The van der Waals surface area contributed by atoms with E-state index in [1.807, 2.05) is 0 Å². The summed E-state index contributed by atoms with van der Waals surface area (Å²) in [6.07, 6.45) is 7.54. The highest BCUT2D eigenvalue weighted by molar-refractivity contribution is 5.48. The molecule has 1 amide bonds. The molecule has 4 aliphatic carbocycles. The van der Waals surface area contributed by atoms with Gasteiger partial charge in [0.2, 0.25) is 6.41 Å². The Labute approximate surface area is 85.4 Å². The molecule has 0 aromatic rings. The van der Waals surface area contributed by atoms with Gasteiger partial charge >= 0.3 is 0 Å². The van der Waals surface area contributed by atoms with Crippen molar-refractivity contribution in [3.63, 3.8) is 0 Å². The standard InChI is InChI=1S/C12H19NO/c1-8-10-2-9-3-11(8)6-12(4-9,5-10)13-7-14/h7-11H,2-6H2,1H3,(H,13,14). The third-order valence-electron chi connectivity index (χ3n) is 5.11. The molecule has 0 spiro atoms. The highest BCUT2D eigenvalue weighted by atomic mass is 16.1. The fourth-order valence-electron chi connectivity index (χ4n) is 4.58. The van der Waals surface area contributed by atoms with Crippen molar-refractivity contribution in [1.82, 2.24) is 5.32 Å². The molecule has 2 unspecified atom stereocenters. The van der Waals surface area contributed by atoms with Crippen molar-refractivity contribution in [3.8, 4) is 0 Å². The van der Waals surface area contributed by atoms with Gasteiger partial charge in [0.25, 0.3) is 0 Å². The molecule has 0 aliphatic heterocycles. The first kappa shape index (κ1) is 8.75. The summed E-state index contributed by atoms with van der Waals surface area (Å²) in [5.74, 6) is 3.62. The van der Waals surface area contributed by atoms with Crippen molar-refractivity contribution in [2.75, 3.05) is 0 Å². The van der Waals surface area contributed by atoms with E-state index < -0.39 is 0 Å². The topological polar surface area (TPSA) is 29.1 Å². The van der Waals surface area contributed by atoms with Gasteiger partial charge in [-0.1, -0.05) is 6.92 Å². The van der Waals surface area contributed by atoms with E-state index in [0.717, 1.165) is 30.1 Å². The van der Waals surface area contributed by atoms with Crippen LogP contribution >= 0.6 is 0 Å². The average molecular weight is 193 g/mol. The van der Waals surface area contributed by atoms with Crippen molar-refractivity contribution in [2.24, 2.45) is 23.7 Å². The summed E-state index contributed by atoms with van der Waals surface area (Å²) in [5.41, 5.74) is 0.213. The molecule has 2 heteroatoms. The second-order valence-electron chi connectivity index (χ2n) is 5.87. The Morgan fingerprint density at radius 2 is 1.86 bits per heavy atom. The van der Waals surface area contributed by atoms with Gasteiger partial charge in [-0.2, -0.15) is 0 Å². The first-order valence-electron chi connectivity index (χ1n) is 5.94. The van der Waals surface area contributed by atoms with Crippen LogP contribution in [0.15, 0.2) is 0 Å². The van der Waals surface area contributed by atoms with Crippen molar-refractivity contribution < 1.29 is 4.79 Å². The molecule has 0 saturated heterocycles. The summed E-state index contributed by atoms with van der Waals surface area (Å²) in [7, 11) is 0. The van der Waals surface area contributed by atoms with Crippen LogP contribution < -0.4 is 5.32 Å². The van der Waals surface area contributed by atoms with Gasteiger partial charge in [0.05, 0.1) is 0 Å². The summed E-state index contributed by atoms with van der Waals surface area (Å²) < 4.78 is 0. The quantitative estimate of drug-likeness (QED) is 0.667. The minimum Gasteiger partial charge on any atom is -0.353 e. The largest absolute Gasteiger partial charge is 0.353 e. The lowest BCUT2D eigenvalue weighted by atomic mass is 9.49. The van der Waals surface area contributed by atoms with E-state index in [9.17, 15) is 4.79 Å². The Kier molecular flexibility index (Phi) is 1.71. The normalized spacial score (nSPS) is 54.6. The summed E-state index contributed by atoms with van der Waals surface area (Å²) >= 11 is 0. The SMILES string of the molecule is CC1C2CC3CC1CC(NC=O)(C3)C2. The van der Waals surface area contributed by atoms with Gasteiger partial charge in [-0.15, -0.1) is 0 Å². The molecule has 2 nitrogen and oxygen atoms in total. The molecule has 0 radical (unpaired) electrons. The summed E-state index contributed by atoms with van der Waals surface area (Å²) in [6.45, 7) is 2.42. The minimum atomic E-state index is 0.213. The Morgan fingerprint density at radius 1 is 1.21 bits per heavy atom. The zero-order valence-electron chi connectivity index (χ0n) is 8.83. The molecular formula is C12H19NO. The molecule has 1 N–H and O–H groups in total. The number of rotatable bonds is 2. The van der Waals surface area contributed by atoms with Crippen LogP contribution in [0.3, 0.4) is 0 Å². The molecule has 4 aliphatic rings. The summed E-state index contributed by atoms with van der Waals surface area (Å²) in [6, 6.07) is 0. The second-order valence-corrected chi connectivity index (χ2v) is 5.87. The number of carbonyl (C=O) groups is 1. The second kappa shape index (κ2) is 2.74. The summed E-state index contributed by atoms with van der Waals surface area (Å²) in [5, 5.41) is 3.13. The summed E-state index contributed by atoms with van der Waals surface area (Å²) in [4.78, 5) is 10.7. The molecule has 2 atom stereocenters. The zero-order chi connectivity index (χ0) is 9.76. The van der Waals surface area contributed by atoms with Crippen molar-refractivity contribution >= 4 is 6.41 Å². The van der Waals surface area contributed by atoms with Crippen molar-refractivity contribution in [1.29, 1.82) is 0 Å². The van der Waals surface area contributed by atoms with Crippen molar-refractivity contribution in [3.05, 3.63) is 0 Å². The third kappa shape index (κ3) is 1.06. The maximum absolute atomic E-state index is 10.7. The average Bonchev–Trinajstić information content (AvgIpc) is 2.12. The van der Waals surface area contributed by atoms with Gasteiger partial charge in [-0.3, -0.25) is 4.79 Å². The molecule has 0 aromatic carbocycles. The van der Waals surface area contributed by atoms with Gasteiger partial charge < -0.3 is 5.32 Å². The number of nitrogens with one attached hydrogen (secondary N) is 1. The first-order chi connectivity index (χ1) is 6.72. The van der Waals surface area contributed by atoms with E-state index in [1.165, 1.54) is 32.1 Å². The molecule has 4 fully saturated rings. The fraction of sp³-hybridized carbons (Fsp3) is 0.917. The lowest BCUT2D eigenvalue weighted by Gasteiger charge is -2.59. The Bertz CT molecular complexity index is 247. The van der Waals surface area contributed by atoms with E-state index in [1.54, 1.807) is 0 Å². The zero-order valence-corrected chi connectivity index (χ0v) is 8.83. The van der Waals surface area contributed by atoms with Crippen LogP contribution in [0, 0.1) is 23.7 Å². The molecule has 0 heterocycles. The van der Waals surface area contributed by atoms with Gasteiger partial charge in [0.15, 0.2) is 0 Å². The lowest BCUT2D eigenvalue weighted by Crippen LogP contribution is -2.60. The van der Waals surface area contributed by atoms with E-state index in [4.69, 9.17) is 0 Å². The minimum absolute atomic E-state index is 0.213. The van der Waals surface area contributed by atoms with Gasteiger partial charge in [0.1, 0.15) is 0 Å². The monoisotopic (exact) mass is 193 g/mol. The van der Waals surface area contributed by atoms with Crippen LogP contribution in [0.25, 0.3) is 0 Å². The van der Waals surface area contributed by atoms with Crippen LogP contribution in [-0.4, -0.2) is 11.9 Å². The van der Waals surface area contributed by atoms with Gasteiger partial charge in [-0.05, 0) is 55.8 Å². The van der Waals surface area contributed by atoms with E-state index >= 15 is 0 Å².